The van der Waals surface area contributed by atoms with Gasteiger partial charge in [-0.15, -0.1) is 11.3 Å². The van der Waals surface area contributed by atoms with Gasteiger partial charge in [-0.25, -0.2) is 9.98 Å². The van der Waals surface area contributed by atoms with Crippen LogP contribution in [-0.4, -0.2) is 66.4 Å². The van der Waals surface area contributed by atoms with E-state index < -0.39 is 0 Å². The molecular formula is C23H34N6OS. The van der Waals surface area contributed by atoms with Gasteiger partial charge in [0.2, 0.25) is 5.91 Å². The monoisotopic (exact) mass is 442 g/mol. The number of nitrogens with one attached hydrogen (secondary N) is 2. The molecule has 31 heavy (non-hydrogen) atoms. The molecule has 0 atom stereocenters. The number of likely N-dealkylation sites (N-methyl/N-ethyl adjacent to an activating group) is 1. The van der Waals surface area contributed by atoms with Crippen molar-refractivity contribution < 1.29 is 4.79 Å². The Hall–Kier alpha value is -2.45. The number of hydrogen-bond donors (Lipinski definition) is 2. The highest BCUT2D eigenvalue weighted by atomic mass is 32.1. The van der Waals surface area contributed by atoms with E-state index in [9.17, 15) is 4.79 Å². The molecular weight excluding hydrogens is 408 g/mol. The average Bonchev–Trinajstić information content (AvgIpc) is 3.09. The standard InChI is InChI=1S/C23H34N6OS/c1-17-18(2)31-21(26-17)14-24-23(25-15-22(30)28(3)4)27-20-10-12-29(13-11-20)16-19-8-6-5-7-9-19/h5-9,20H,10-16H2,1-4H3,(H2,24,25,27). The second-order valence-electron chi connectivity index (χ2n) is 8.24. The summed E-state index contributed by atoms with van der Waals surface area (Å²) in [4.78, 5) is 26.4. The van der Waals surface area contributed by atoms with Gasteiger partial charge in [-0.1, -0.05) is 30.3 Å². The smallest absolute Gasteiger partial charge is 0.243 e. The summed E-state index contributed by atoms with van der Waals surface area (Å²) >= 11 is 1.69. The number of nitrogens with zero attached hydrogens (tertiary/aromatic N) is 4. The first-order chi connectivity index (χ1) is 14.9. The number of thiazole rings is 1. The summed E-state index contributed by atoms with van der Waals surface area (Å²) in [5, 5.41) is 7.95. The van der Waals surface area contributed by atoms with Crippen LogP contribution in [-0.2, 0) is 17.9 Å². The molecule has 0 saturated carbocycles. The third-order valence-corrected chi connectivity index (χ3v) is 6.60. The van der Waals surface area contributed by atoms with Gasteiger partial charge in [0, 0.05) is 44.6 Å². The number of carbonyl (C=O) groups excluding carboxylic acids is 1. The van der Waals surface area contributed by atoms with Crippen molar-refractivity contribution in [3.63, 3.8) is 0 Å². The predicted octanol–water partition coefficient (Wildman–Crippen LogP) is 2.55. The van der Waals surface area contributed by atoms with Crippen LogP contribution in [0.2, 0.25) is 0 Å². The molecule has 1 aliphatic rings. The summed E-state index contributed by atoms with van der Waals surface area (Å²) < 4.78 is 0. The van der Waals surface area contributed by atoms with Crippen LogP contribution in [0.5, 0.6) is 0 Å². The van der Waals surface area contributed by atoms with Crippen LogP contribution in [0.1, 0.15) is 34.0 Å². The highest BCUT2D eigenvalue weighted by Crippen LogP contribution is 2.16. The van der Waals surface area contributed by atoms with E-state index >= 15 is 0 Å². The van der Waals surface area contributed by atoms with Gasteiger partial charge in [0.15, 0.2) is 5.96 Å². The Balaban J connectivity index is 1.54. The molecule has 0 aliphatic carbocycles. The molecule has 1 amide bonds. The highest BCUT2D eigenvalue weighted by molar-refractivity contribution is 7.11. The normalized spacial score (nSPS) is 15.7. The van der Waals surface area contributed by atoms with Crippen LogP contribution in [0.25, 0.3) is 0 Å². The topological polar surface area (TPSA) is 72.9 Å². The van der Waals surface area contributed by atoms with Crippen molar-refractivity contribution in [2.24, 2.45) is 4.99 Å². The first kappa shape index (κ1) is 23.2. The molecule has 1 saturated heterocycles. The van der Waals surface area contributed by atoms with Gasteiger partial charge in [0.1, 0.15) is 11.6 Å². The Morgan fingerprint density at radius 3 is 2.55 bits per heavy atom. The quantitative estimate of drug-likeness (QED) is 0.509. The number of guanidine groups is 1. The largest absolute Gasteiger partial charge is 0.354 e. The first-order valence-corrected chi connectivity index (χ1v) is 11.7. The summed E-state index contributed by atoms with van der Waals surface area (Å²) in [6.45, 7) is 7.93. The molecule has 1 aliphatic heterocycles. The number of aryl methyl sites for hydroxylation is 2. The van der Waals surface area contributed by atoms with E-state index in [0.29, 0.717) is 18.5 Å². The number of hydrogen-bond acceptors (Lipinski definition) is 5. The summed E-state index contributed by atoms with van der Waals surface area (Å²) in [7, 11) is 3.50. The van der Waals surface area contributed by atoms with Gasteiger partial charge in [0.25, 0.3) is 0 Å². The minimum atomic E-state index is -0.0142. The van der Waals surface area contributed by atoms with E-state index in [1.807, 2.05) is 6.92 Å². The van der Waals surface area contributed by atoms with Crippen molar-refractivity contribution >= 4 is 23.2 Å². The van der Waals surface area contributed by atoms with Crippen molar-refractivity contribution in [1.82, 2.24) is 25.4 Å². The molecule has 2 aromatic rings. The van der Waals surface area contributed by atoms with Gasteiger partial charge in [-0.05, 0) is 32.3 Å². The van der Waals surface area contributed by atoms with Crippen LogP contribution >= 0.6 is 11.3 Å². The van der Waals surface area contributed by atoms with Gasteiger partial charge in [0.05, 0.1) is 12.2 Å². The minimum absolute atomic E-state index is 0.0142. The van der Waals surface area contributed by atoms with E-state index in [4.69, 9.17) is 0 Å². The summed E-state index contributed by atoms with van der Waals surface area (Å²) in [6.07, 6.45) is 2.09. The number of aromatic nitrogens is 1. The van der Waals surface area contributed by atoms with Crippen molar-refractivity contribution in [2.45, 2.75) is 45.8 Å². The average molecular weight is 443 g/mol. The van der Waals surface area contributed by atoms with Gasteiger partial charge < -0.3 is 15.5 Å². The van der Waals surface area contributed by atoms with Gasteiger partial charge >= 0.3 is 0 Å². The molecule has 0 unspecified atom stereocenters. The number of benzene rings is 1. The van der Waals surface area contributed by atoms with Crippen LogP contribution in [0.4, 0.5) is 0 Å². The van der Waals surface area contributed by atoms with Crippen LogP contribution < -0.4 is 10.6 Å². The lowest BCUT2D eigenvalue weighted by atomic mass is 10.0. The molecule has 1 aromatic carbocycles. The molecule has 7 nitrogen and oxygen atoms in total. The van der Waals surface area contributed by atoms with Crippen molar-refractivity contribution in [2.75, 3.05) is 33.7 Å². The molecule has 168 valence electrons. The molecule has 8 heteroatoms. The third-order valence-electron chi connectivity index (χ3n) is 5.53. The Bertz CT molecular complexity index is 852. The van der Waals surface area contributed by atoms with E-state index in [-0.39, 0.29) is 12.5 Å². The number of amides is 1. The maximum absolute atomic E-state index is 12.0. The molecule has 1 fully saturated rings. The van der Waals surface area contributed by atoms with Crippen molar-refractivity contribution in [3.05, 3.63) is 51.5 Å². The summed E-state index contributed by atoms with van der Waals surface area (Å²) in [5.41, 5.74) is 2.43. The fourth-order valence-corrected chi connectivity index (χ4v) is 4.36. The van der Waals surface area contributed by atoms with Crippen molar-refractivity contribution in [1.29, 1.82) is 0 Å². The Morgan fingerprint density at radius 2 is 1.94 bits per heavy atom. The van der Waals surface area contributed by atoms with Crippen LogP contribution in [0.15, 0.2) is 35.3 Å². The molecule has 0 spiro atoms. The zero-order valence-electron chi connectivity index (χ0n) is 19.0. The third kappa shape index (κ3) is 7.33. The number of aliphatic imine (C=N–C) groups is 1. The minimum Gasteiger partial charge on any atom is -0.354 e. The second kappa shape index (κ2) is 11.2. The Kier molecular flexibility index (Phi) is 8.43. The number of piperidine rings is 1. The maximum Gasteiger partial charge on any atom is 0.243 e. The van der Waals surface area contributed by atoms with E-state index in [1.165, 1.54) is 10.4 Å². The van der Waals surface area contributed by atoms with Crippen molar-refractivity contribution in [3.8, 4) is 0 Å². The fourth-order valence-electron chi connectivity index (χ4n) is 3.49. The summed E-state index contributed by atoms with van der Waals surface area (Å²) in [6, 6.07) is 11.0. The lowest BCUT2D eigenvalue weighted by Gasteiger charge is -2.33. The Morgan fingerprint density at radius 1 is 1.23 bits per heavy atom. The molecule has 1 aromatic heterocycles. The van der Waals surface area contributed by atoms with E-state index in [0.717, 1.165) is 43.2 Å². The number of rotatable bonds is 7. The molecule has 0 bridgehead atoms. The second-order valence-corrected chi connectivity index (χ2v) is 9.52. The zero-order chi connectivity index (χ0) is 22.2. The predicted molar refractivity (Wildman–Crippen MR) is 127 cm³/mol. The van der Waals surface area contributed by atoms with Gasteiger partial charge in [-0.2, -0.15) is 0 Å². The van der Waals surface area contributed by atoms with Crippen LogP contribution in [0.3, 0.4) is 0 Å². The molecule has 2 N–H and O–H groups in total. The van der Waals surface area contributed by atoms with E-state index in [2.05, 4.69) is 62.8 Å². The number of likely N-dealkylation sites (tertiary alicyclic amines) is 1. The summed E-state index contributed by atoms with van der Waals surface area (Å²) in [5.74, 6) is 0.668. The Labute approximate surface area is 189 Å². The fraction of sp³-hybridized carbons (Fsp3) is 0.522. The van der Waals surface area contributed by atoms with Crippen LogP contribution in [0, 0.1) is 13.8 Å². The lowest BCUT2D eigenvalue weighted by Crippen LogP contribution is -2.48. The highest BCUT2D eigenvalue weighted by Gasteiger charge is 2.20. The zero-order valence-corrected chi connectivity index (χ0v) is 19.8. The molecule has 3 rings (SSSR count). The lowest BCUT2D eigenvalue weighted by molar-refractivity contribution is -0.127. The maximum atomic E-state index is 12.0. The van der Waals surface area contributed by atoms with Gasteiger partial charge in [-0.3, -0.25) is 9.69 Å². The molecule has 0 radical (unpaired) electrons. The first-order valence-electron chi connectivity index (χ1n) is 10.8. The van der Waals surface area contributed by atoms with E-state index in [1.54, 1.807) is 30.3 Å². The molecule has 2 heterocycles. The number of carbonyl (C=O) groups is 1. The SMILES string of the molecule is Cc1nc(CNC(=NCC(=O)N(C)C)NC2CCN(Cc3ccccc3)CC2)sc1C.